The highest BCUT2D eigenvalue weighted by Gasteiger charge is 2.61. The van der Waals surface area contributed by atoms with Gasteiger partial charge in [-0.2, -0.15) is 16.9 Å². The van der Waals surface area contributed by atoms with Crippen LogP contribution in [0.5, 0.6) is 0 Å². The highest BCUT2D eigenvalue weighted by atomic mass is 32.2. The number of allylic oxidation sites excluding steroid dienone is 1. The highest BCUT2D eigenvalue weighted by molar-refractivity contribution is 8.00. The number of nitrogens with one attached hydrogen (secondary N) is 5. The predicted octanol–water partition coefficient (Wildman–Crippen LogP) is 1.60. The van der Waals surface area contributed by atoms with E-state index in [1.165, 1.54) is 0 Å². The summed E-state index contributed by atoms with van der Waals surface area (Å²) in [7, 11) is 1.79. The van der Waals surface area contributed by atoms with Crippen molar-refractivity contribution in [2.24, 2.45) is 17.8 Å². The van der Waals surface area contributed by atoms with Crippen molar-refractivity contribution < 1.29 is 29.0 Å². The van der Waals surface area contributed by atoms with Crippen LogP contribution in [0.3, 0.4) is 0 Å². The van der Waals surface area contributed by atoms with Crippen LogP contribution in [-0.2, 0) is 23.9 Å². The molecule has 5 aliphatic heterocycles. The maximum Gasteiger partial charge on any atom is 0.330 e. The van der Waals surface area contributed by atoms with Crippen LogP contribution in [0.25, 0.3) is 0 Å². The molecule has 0 bridgehead atoms. The van der Waals surface area contributed by atoms with Crippen molar-refractivity contribution in [3.8, 4) is 0 Å². The molecule has 2 aliphatic carbocycles. The number of carboxylic acid groups (broad SMARTS) is 1. The summed E-state index contributed by atoms with van der Waals surface area (Å²) in [6, 6.07) is -1.54. The Balaban J connectivity index is 1.14. The zero-order chi connectivity index (χ0) is 34.8. The van der Waals surface area contributed by atoms with Crippen LogP contribution < -0.4 is 26.8 Å². The summed E-state index contributed by atoms with van der Waals surface area (Å²) in [4.78, 5) is 56.3. The van der Waals surface area contributed by atoms with Crippen molar-refractivity contribution in [1.82, 2.24) is 36.8 Å². The Morgan fingerprint density at radius 2 is 1.86 bits per heavy atom. The van der Waals surface area contributed by atoms with E-state index in [9.17, 15) is 24.3 Å². The van der Waals surface area contributed by atoms with E-state index in [0.717, 1.165) is 81.6 Å². The number of methoxy groups -OCH3 is 1. The number of aliphatic carboxylic acids is 1. The maximum absolute atomic E-state index is 14.6. The molecule has 50 heavy (non-hydrogen) atoms. The van der Waals surface area contributed by atoms with Gasteiger partial charge in [0.25, 0.3) is 0 Å². The number of thioether (sulfide) groups is 2. The first-order chi connectivity index (χ1) is 24.3. The first-order valence-electron chi connectivity index (χ1n) is 18.9. The lowest BCUT2D eigenvalue weighted by Crippen LogP contribution is -2.57. The van der Waals surface area contributed by atoms with Crippen LogP contribution in [0.15, 0.2) is 12.2 Å². The Morgan fingerprint density at radius 3 is 2.58 bits per heavy atom. The molecule has 4 saturated heterocycles. The molecule has 0 radical (unpaired) electrons. The second kappa shape index (κ2) is 16.0. The summed E-state index contributed by atoms with van der Waals surface area (Å²) in [6.07, 6.45) is 13.8. The molecule has 0 aromatic heterocycles. The van der Waals surface area contributed by atoms with E-state index in [2.05, 4.69) is 26.8 Å². The fraction of sp³-hybridized carbons (Fsp3) is 0.829. The number of rotatable bonds is 7. The van der Waals surface area contributed by atoms with E-state index in [0.29, 0.717) is 31.3 Å². The van der Waals surface area contributed by atoms with Crippen LogP contribution in [0, 0.1) is 17.8 Å². The van der Waals surface area contributed by atoms with Gasteiger partial charge in [-0.1, -0.05) is 25.0 Å². The number of hydrogen-bond acceptors (Lipinski definition) is 11. The molecule has 2 saturated carbocycles. The largest absolute Gasteiger partial charge is 0.479 e. The summed E-state index contributed by atoms with van der Waals surface area (Å²) in [5, 5.41) is 22.2. The summed E-state index contributed by atoms with van der Waals surface area (Å²) >= 11 is 3.68. The van der Waals surface area contributed by atoms with Gasteiger partial charge in [-0.3, -0.25) is 14.4 Å². The molecule has 7 rings (SSSR count). The fourth-order valence-corrected chi connectivity index (χ4v) is 11.4. The van der Waals surface area contributed by atoms with Crippen LogP contribution in [0.1, 0.15) is 77.0 Å². The molecule has 6 N–H and O–H groups in total. The van der Waals surface area contributed by atoms with Gasteiger partial charge < -0.3 is 30.7 Å². The maximum atomic E-state index is 14.6. The van der Waals surface area contributed by atoms with E-state index in [1.807, 2.05) is 29.0 Å². The molecule has 6 fully saturated rings. The van der Waals surface area contributed by atoms with Crippen molar-refractivity contribution in [3.63, 3.8) is 0 Å². The van der Waals surface area contributed by atoms with E-state index in [-0.39, 0.29) is 53.7 Å². The standard InChI is InChI=1S/C35H55N7O6S2/c1-48-25-11-9-21(10-12-25)28-29(32-36-14-16-50-32)40-42(39-28)24-17-27-31(44)38-35(34(46)47)18-23(35)7-5-3-2-4-6-8-26(33(45)41(27)19-24)37-30(43)22-13-15-49-20-22/h5,7,21-29,32,36,39-40H,2-4,6,8-20H2,1H3,(H,37,43)(H,38,44)(H,46,47)/b7-5-/t21?,22?,23-,24-,25?,26+,27+,28?,29?,32?,35-/m1/s1. The number of carbonyl (C=O) groups excluding carboxylic acids is 3. The van der Waals surface area contributed by atoms with Crippen LogP contribution in [0.2, 0.25) is 0 Å². The Labute approximate surface area is 303 Å². The molecule has 7 aliphatic rings. The van der Waals surface area contributed by atoms with Crippen LogP contribution >= 0.6 is 23.5 Å². The van der Waals surface area contributed by atoms with Crippen LogP contribution in [0.4, 0.5) is 0 Å². The molecular formula is C35H55N7O6S2. The Hall–Kier alpha value is -1.88. The number of carboxylic acids is 1. The molecule has 3 amide bonds. The van der Waals surface area contributed by atoms with Gasteiger partial charge in [-0.15, -0.1) is 11.8 Å². The van der Waals surface area contributed by atoms with Crippen molar-refractivity contribution in [2.75, 3.05) is 37.5 Å². The number of ether oxygens (including phenoxy) is 1. The Morgan fingerprint density at radius 1 is 1.04 bits per heavy atom. The first-order valence-corrected chi connectivity index (χ1v) is 21.1. The SMILES string of the molecule is COC1CCC(C2NN([C@@H]3C[C@H]4C(=O)N[C@]5(C(=O)O)C[C@H]5/C=C\CCCCC[C@H](NC(=O)C5CCSC5)C(=O)N4C3)NC2C2NCCS2)CC1. The van der Waals surface area contributed by atoms with Gasteiger partial charge in [0, 0.05) is 49.6 Å². The molecule has 9 atom stereocenters. The topological polar surface area (TPSA) is 164 Å². The molecule has 5 heterocycles. The zero-order valence-corrected chi connectivity index (χ0v) is 30.8. The molecule has 278 valence electrons. The van der Waals surface area contributed by atoms with E-state index in [1.54, 1.807) is 23.8 Å². The zero-order valence-electron chi connectivity index (χ0n) is 29.1. The monoisotopic (exact) mass is 733 g/mol. The van der Waals surface area contributed by atoms with E-state index >= 15 is 0 Å². The van der Waals surface area contributed by atoms with E-state index < -0.39 is 29.5 Å². The quantitative estimate of drug-likeness (QED) is 0.210. The van der Waals surface area contributed by atoms with Crippen molar-refractivity contribution in [3.05, 3.63) is 12.2 Å². The minimum atomic E-state index is -1.36. The molecule has 0 aromatic rings. The first kappa shape index (κ1) is 36.5. The summed E-state index contributed by atoms with van der Waals surface area (Å²) in [6.45, 7) is 1.24. The average Bonchev–Trinajstić information content (AvgIpc) is 3.77. The Kier molecular flexibility index (Phi) is 11.7. The molecule has 4 unspecified atom stereocenters. The number of hydrogen-bond donors (Lipinski definition) is 6. The third kappa shape index (κ3) is 7.74. The van der Waals surface area contributed by atoms with Gasteiger partial charge in [0.2, 0.25) is 17.7 Å². The van der Waals surface area contributed by atoms with Crippen LogP contribution in [-0.4, -0.2) is 123 Å². The smallest absolute Gasteiger partial charge is 0.330 e. The third-order valence-electron chi connectivity index (χ3n) is 12.2. The van der Waals surface area contributed by atoms with Gasteiger partial charge in [0.1, 0.15) is 17.6 Å². The van der Waals surface area contributed by atoms with Crippen molar-refractivity contribution in [1.29, 1.82) is 0 Å². The Bertz CT molecular complexity index is 1290. The number of amides is 3. The lowest BCUT2D eigenvalue weighted by atomic mass is 9.80. The second-order valence-electron chi connectivity index (χ2n) is 15.4. The predicted molar refractivity (Wildman–Crippen MR) is 193 cm³/mol. The number of nitrogens with zero attached hydrogens (tertiary/aromatic N) is 2. The fourth-order valence-electron chi connectivity index (χ4n) is 9.04. The normalized spacial score (nSPS) is 42.2. The van der Waals surface area contributed by atoms with Crippen molar-refractivity contribution in [2.45, 2.75) is 124 Å². The number of hydrazine groups is 2. The van der Waals surface area contributed by atoms with Crippen molar-refractivity contribution >= 4 is 47.2 Å². The summed E-state index contributed by atoms with van der Waals surface area (Å²) < 4.78 is 5.67. The molecule has 15 heteroatoms. The molecule has 13 nitrogen and oxygen atoms in total. The average molecular weight is 734 g/mol. The van der Waals surface area contributed by atoms with Gasteiger partial charge in [0.15, 0.2) is 0 Å². The highest BCUT2D eigenvalue weighted by Crippen LogP contribution is 2.45. The van der Waals surface area contributed by atoms with E-state index in [4.69, 9.17) is 4.74 Å². The minimum Gasteiger partial charge on any atom is -0.479 e. The van der Waals surface area contributed by atoms with Gasteiger partial charge >= 0.3 is 5.97 Å². The second-order valence-corrected chi connectivity index (χ2v) is 17.8. The third-order valence-corrected chi connectivity index (χ3v) is 14.6. The number of fused-ring (bicyclic) bond motifs is 2. The summed E-state index contributed by atoms with van der Waals surface area (Å²) in [5.74, 6) is 0.970. The lowest BCUT2D eigenvalue weighted by molar-refractivity contribution is -0.146. The van der Waals surface area contributed by atoms with Gasteiger partial charge in [-0.25, -0.2) is 15.6 Å². The molecule has 0 spiro atoms. The lowest BCUT2D eigenvalue weighted by Gasteiger charge is -2.35. The van der Waals surface area contributed by atoms with Gasteiger partial charge in [0.05, 0.1) is 23.6 Å². The summed E-state index contributed by atoms with van der Waals surface area (Å²) in [5.41, 5.74) is 6.22. The molecule has 0 aromatic carbocycles. The van der Waals surface area contributed by atoms with Gasteiger partial charge in [-0.05, 0) is 75.9 Å². The number of carbonyl (C=O) groups is 4. The molecular weight excluding hydrogens is 679 g/mol. The minimum absolute atomic E-state index is 0.0880.